The lowest BCUT2D eigenvalue weighted by molar-refractivity contribution is -0.143. The van der Waals surface area contributed by atoms with Gasteiger partial charge in [-0.25, -0.2) is 0 Å². The van der Waals surface area contributed by atoms with Gasteiger partial charge in [0.05, 0.1) is 18.6 Å². The molecule has 1 N–H and O–H groups in total. The van der Waals surface area contributed by atoms with Gasteiger partial charge in [0, 0.05) is 0 Å². The van der Waals surface area contributed by atoms with Crippen LogP contribution in [-0.2, 0) is 16.1 Å². The van der Waals surface area contributed by atoms with Crippen molar-refractivity contribution in [3.05, 3.63) is 35.9 Å². The first-order chi connectivity index (χ1) is 8.25. The maximum absolute atomic E-state index is 10.8. The van der Waals surface area contributed by atoms with Crippen molar-refractivity contribution in [2.24, 2.45) is 5.92 Å². The molecule has 1 aromatic carbocycles. The van der Waals surface area contributed by atoms with Crippen LogP contribution in [0.25, 0.3) is 0 Å². The number of benzene rings is 1. The minimum Gasteiger partial charge on any atom is -0.481 e. The first-order valence-electron chi connectivity index (χ1n) is 6.14. The summed E-state index contributed by atoms with van der Waals surface area (Å²) in [6.07, 6.45) is 3.45. The summed E-state index contributed by atoms with van der Waals surface area (Å²) in [6, 6.07) is 10.1. The fourth-order valence-corrected chi connectivity index (χ4v) is 2.26. The molecule has 0 amide bonds. The van der Waals surface area contributed by atoms with E-state index in [1.165, 1.54) is 5.56 Å². The van der Waals surface area contributed by atoms with Crippen molar-refractivity contribution < 1.29 is 14.6 Å². The highest BCUT2D eigenvalue weighted by atomic mass is 16.5. The molecule has 2 rings (SSSR count). The zero-order valence-corrected chi connectivity index (χ0v) is 9.84. The normalized spacial score (nSPS) is 24.5. The van der Waals surface area contributed by atoms with Crippen LogP contribution < -0.4 is 0 Å². The number of carboxylic acid groups (broad SMARTS) is 1. The van der Waals surface area contributed by atoms with E-state index in [2.05, 4.69) is 0 Å². The highest BCUT2D eigenvalue weighted by Gasteiger charge is 2.26. The Bertz CT molecular complexity index is 353. The number of hydrogen-bond acceptors (Lipinski definition) is 2. The molecule has 1 fully saturated rings. The minimum absolute atomic E-state index is 0.161. The maximum atomic E-state index is 10.8. The fourth-order valence-electron chi connectivity index (χ4n) is 2.26. The van der Waals surface area contributed by atoms with Crippen LogP contribution in [0.2, 0.25) is 0 Å². The summed E-state index contributed by atoms with van der Waals surface area (Å²) in [5.74, 6) is -0.821. The molecule has 0 aliphatic heterocycles. The van der Waals surface area contributed by atoms with Crippen molar-refractivity contribution in [1.82, 2.24) is 0 Å². The van der Waals surface area contributed by atoms with Crippen LogP contribution in [-0.4, -0.2) is 17.2 Å². The number of ether oxygens (including phenoxy) is 1. The van der Waals surface area contributed by atoms with Crippen LogP contribution >= 0.6 is 0 Å². The predicted molar refractivity (Wildman–Crippen MR) is 64.6 cm³/mol. The van der Waals surface area contributed by atoms with Crippen LogP contribution in [0.15, 0.2) is 30.3 Å². The Labute approximate surface area is 101 Å². The molecule has 1 aliphatic rings. The maximum Gasteiger partial charge on any atom is 0.306 e. The van der Waals surface area contributed by atoms with Crippen molar-refractivity contribution in [3.63, 3.8) is 0 Å². The predicted octanol–water partition coefficient (Wildman–Crippen LogP) is 2.85. The summed E-state index contributed by atoms with van der Waals surface area (Å²) in [4.78, 5) is 10.8. The van der Waals surface area contributed by atoms with Gasteiger partial charge < -0.3 is 9.84 Å². The van der Waals surface area contributed by atoms with Crippen LogP contribution in [0.5, 0.6) is 0 Å². The summed E-state index contributed by atoms with van der Waals surface area (Å²) >= 11 is 0. The van der Waals surface area contributed by atoms with E-state index in [4.69, 9.17) is 9.84 Å². The first-order valence-corrected chi connectivity index (χ1v) is 6.14. The largest absolute Gasteiger partial charge is 0.481 e. The van der Waals surface area contributed by atoms with Gasteiger partial charge in [0.1, 0.15) is 0 Å². The zero-order valence-electron chi connectivity index (χ0n) is 9.84. The second-order valence-corrected chi connectivity index (χ2v) is 4.61. The molecule has 0 unspecified atom stereocenters. The van der Waals surface area contributed by atoms with E-state index in [0.29, 0.717) is 6.61 Å². The molecule has 3 nitrogen and oxygen atoms in total. The highest BCUT2D eigenvalue weighted by Crippen LogP contribution is 2.26. The number of hydrogen-bond donors (Lipinski definition) is 1. The Morgan fingerprint density at radius 1 is 1.18 bits per heavy atom. The molecule has 0 bridgehead atoms. The van der Waals surface area contributed by atoms with Gasteiger partial charge >= 0.3 is 5.97 Å². The highest BCUT2D eigenvalue weighted by molar-refractivity contribution is 5.70. The third-order valence-corrected chi connectivity index (χ3v) is 3.35. The molecule has 1 aromatic rings. The summed E-state index contributed by atoms with van der Waals surface area (Å²) in [5, 5.41) is 8.89. The SMILES string of the molecule is O=C(O)C1CCC(OCc2ccccc2)CC1. The standard InChI is InChI=1S/C14H18O3/c15-14(16)12-6-8-13(9-7-12)17-10-11-4-2-1-3-5-11/h1-5,12-13H,6-10H2,(H,15,16). The molecule has 0 saturated heterocycles. The smallest absolute Gasteiger partial charge is 0.306 e. The fraction of sp³-hybridized carbons (Fsp3) is 0.500. The average molecular weight is 234 g/mol. The molecular formula is C14H18O3. The van der Waals surface area contributed by atoms with E-state index in [1.807, 2.05) is 30.3 Å². The molecule has 0 radical (unpaired) electrons. The lowest BCUT2D eigenvalue weighted by atomic mass is 9.87. The molecule has 3 heteroatoms. The summed E-state index contributed by atoms with van der Waals surface area (Å²) in [5.41, 5.74) is 1.17. The monoisotopic (exact) mass is 234 g/mol. The van der Waals surface area contributed by atoms with Crippen molar-refractivity contribution >= 4 is 5.97 Å². The van der Waals surface area contributed by atoms with Crippen LogP contribution in [0.3, 0.4) is 0 Å². The summed E-state index contributed by atoms with van der Waals surface area (Å²) < 4.78 is 5.80. The number of carboxylic acids is 1. The van der Waals surface area contributed by atoms with E-state index >= 15 is 0 Å². The van der Waals surface area contributed by atoms with Gasteiger partial charge in [-0.3, -0.25) is 4.79 Å². The lowest BCUT2D eigenvalue weighted by Crippen LogP contribution is -2.25. The quantitative estimate of drug-likeness (QED) is 0.871. The molecule has 0 spiro atoms. The second kappa shape index (κ2) is 5.82. The molecule has 0 heterocycles. The van der Waals surface area contributed by atoms with Crippen molar-refractivity contribution in [2.75, 3.05) is 0 Å². The van der Waals surface area contributed by atoms with Crippen LogP contribution in [0.4, 0.5) is 0 Å². The van der Waals surface area contributed by atoms with Crippen molar-refractivity contribution in [1.29, 1.82) is 0 Å². The Morgan fingerprint density at radius 3 is 2.41 bits per heavy atom. The van der Waals surface area contributed by atoms with Gasteiger partial charge in [0.2, 0.25) is 0 Å². The van der Waals surface area contributed by atoms with Gasteiger partial charge in [-0.2, -0.15) is 0 Å². The molecule has 0 atom stereocenters. The van der Waals surface area contributed by atoms with E-state index in [0.717, 1.165) is 25.7 Å². The van der Waals surface area contributed by atoms with Gasteiger partial charge in [0.25, 0.3) is 0 Å². The van der Waals surface area contributed by atoms with Crippen LogP contribution in [0.1, 0.15) is 31.2 Å². The third-order valence-electron chi connectivity index (χ3n) is 3.35. The van der Waals surface area contributed by atoms with E-state index in [9.17, 15) is 4.79 Å². The Hall–Kier alpha value is -1.35. The molecular weight excluding hydrogens is 216 g/mol. The van der Waals surface area contributed by atoms with Gasteiger partial charge in [-0.15, -0.1) is 0 Å². The van der Waals surface area contributed by atoms with Gasteiger partial charge in [-0.1, -0.05) is 30.3 Å². The van der Waals surface area contributed by atoms with Gasteiger partial charge in [0.15, 0.2) is 0 Å². The Kier molecular flexibility index (Phi) is 4.15. The molecule has 17 heavy (non-hydrogen) atoms. The minimum atomic E-state index is -0.661. The zero-order chi connectivity index (χ0) is 12.1. The Balaban J connectivity index is 1.74. The second-order valence-electron chi connectivity index (χ2n) is 4.61. The molecule has 1 aliphatic carbocycles. The first kappa shape index (κ1) is 12.1. The number of carbonyl (C=O) groups is 1. The van der Waals surface area contributed by atoms with Gasteiger partial charge in [-0.05, 0) is 31.2 Å². The third kappa shape index (κ3) is 3.56. The van der Waals surface area contributed by atoms with Crippen molar-refractivity contribution in [2.45, 2.75) is 38.4 Å². The summed E-state index contributed by atoms with van der Waals surface area (Å²) in [6.45, 7) is 0.628. The number of rotatable bonds is 4. The number of aliphatic carboxylic acids is 1. The van der Waals surface area contributed by atoms with E-state index in [1.54, 1.807) is 0 Å². The van der Waals surface area contributed by atoms with Crippen LogP contribution in [0, 0.1) is 5.92 Å². The average Bonchev–Trinajstić information content (AvgIpc) is 2.38. The molecule has 92 valence electrons. The topological polar surface area (TPSA) is 46.5 Å². The van der Waals surface area contributed by atoms with E-state index < -0.39 is 5.97 Å². The summed E-state index contributed by atoms with van der Waals surface area (Å²) in [7, 11) is 0. The Morgan fingerprint density at radius 2 is 1.82 bits per heavy atom. The van der Waals surface area contributed by atoms with Crippen molar-refractivity contribution in [3.8, 4) is 0 Å². The molecule has 1 saturated carbocycles. The molecule has 0 aromatic heterocycles. The van der Waals surface area contributed by atoms with E-state index in [-0.39, 0.29) is 12.0 Å². The lowest BCUT2D eigenvalue weighted by Gasteiger charge is -2.26.